The third-order valence-electron chi connectivity index (χ3n) is 8.56. The van der Waals surface area contributed by atoms with Crippen LogP contribution in [0.5, 0.6) is 0 Å². The van der Waals surface area contributed by atoms with Gasteiger partial charge in [0.1, 0.15) is 18.6 Å². The molecule has 2 aromatic carbocycles. The van der Waals surface area contributed by atoms with Crippen molar-refractivity contribution in [3.8, 4) is 0 Å². The van der Waals surface area contributed by atoms with E-state index in [0.717, 1.165) is 49.6 Å². The lowest BCUT2D eigenvalue weighted by Crippen LogP contribution is -2.53. The number of fused-ring (bicyclic) bond motifs is 1. The van der Waals surface area contributed by atoms with Crippen molar-refractivity contribution in [3.05, 3.63) is 41.4 Å². The molecule has 2 aromatic rings. The van der Waals surface area contributed by atoms with Gasteiger partial charge in [-0.2, -0.15) is 4.31 Å². The summed E-state index contributed by atoms with van der Waals surface area (Å²) in [5.41, 5.74) is 0. The van der Waals surface area contributed by atoms with E-state index >= 15 is 0 Å². The number of nitrogens with zero attached hydrogens (tertiary/aromatic N) is 4. The summed E-state index contributed by atoms with van der Waals surface area (Å²) < 4.78 is 33.0. The molecule has 3 heterocycles. The van der Waals surface area contributed by atoms with E-state index in [-0.39, 0.29) is 36.3 Å². The van der Waals surface area contributed by atoms with Crippen LogP contribution in [0.1, 0.15) is 39.0 Å². The van der Waals surface area contributed by atoms with Gasteiger partial charge in [-0.15, -0.1) is 0 Å². The molecular formula is C29H35ClN4O7S. The van der Waals surface area contributed by atoms with Gasteiger partial charge in [0.15, 0.2) is 0 Å². The minimum Gasteiger partial charge on any atom is -0.394 e. The number of sulfonamides is 1. The monoisotopic (exact) mass is 618 g/mol. The second-order valence-corrected chi connectivity index (χ2v) is 13.5. The predicted molar refractivity (Wildman–Crippen MR) is 155 cm³/mol. The summed E-state index contributed by atoms with van der Waals surface area (Å²) in [7, 11) is -4.40. The van der Waals surface area contributed by atoms with Gasteiger partial charge in [-0.25, -0.2) is 8.42 Å². The smallest absolute Gasteiger partial charge is 0.328 e. The molecule has 0 bridgehead atoms. The van der Waals surface area contributed by atoms with Crippen LogP contribution in [-0.4, -0.2) is 109 Å². The Bertz CT molecular complexity index is 1480. The van der Waals surface area contributed by atoms with E-state index in [1.165, 1.54) is 17.0 Å². The number of amides is 2. The quantitative estimate of drug-likeness (QED) is 0.226. The zero-order chi connectivity index (χ0) is 30.0. The molecular weight excluding hydrogens is 584 g/mol. The molecule has 0 N–H and O–H groups in total. The molecule has 2 amide bonds. The second kappa shape index (κ2) is 12.7. The first-order valence-electron chi connectivity index (χ1n) is 14.3. The number of carbonyl (C=O) groups excluding carboxylic acids is 4. The molecule has 3 atom stereocenters. The molecule has 0 aromatic heterocycles. The molecule has 3 saturated heterocycles. The fourth-order valence-corrected chi connectivity index (χ4v) is 8.13. The van der Waals surface area contributed by atoms with Crippen LogP contribution in [0.4, 0.5) is 0 Å². The Balaban J connectivity index is 1.37. The van der Waals surface area contributed by atoms with Crippen molar-refractivity contribution in [1.29, 1.82) is 0 Å². The molecule has 3 fully saturated rings. The van der Waals surface area contributed by atoms with E-state index in [4.69, 9.17) is 11.6 Å². The number of halogens is 1. The summed E-state index contributed by atoms with van der Waals surface area (Å²) in [6.45, 7) is 4.40. The highest BCUT2D eigenvalue weighted by Gasteiger charge is 2.46. The zero-order valence-corrected chi connectivity index (χ0v) is 25.1. The van der Waals surface area contributed by atoms with Gasteiger partial charge in [0.05, 0.1) is 4.90 Å². The van der Waals surface area contributed by atoms with Gasteiger partial charge < -0.3 is 19.4 Å². The molecule has 11 nitrogen and oxygen atoms in total. The van der Waals surface area contributed by atoms with Crippen molar-refractivity contribution in [3.63, 3.8) is 0 Å². The maximum absolute atomic E-state index is 13.9. The van der Waals surface area contributed by atoms with Gasteiger partial charge in [0.25, 0.3) is 0 Å². The first kappa shape index (κ1) is 30.4. The number of hydrogen-bond acceptors (Lipinski definition) is 8. The molecule has 0 spiro atoms. The van der Waals surface area contributed by atoms with Gasteiger partial charge in [0, 0.05) is 30.7 Å². The first-order chi connectivity index (χ1) is 20.1. The maximum Gasteiger partial charge on any atom is 0.328 e. The molecule has 226 valence electrons. The SMILES string of the molecule is CC(C(=O)N1CCCC1CN1CCCC1)N1CCC(N(CC(=O)OC=O)S(=O)(=O)c2ccc3cc(Cl)ccc3c2)C1=O. The first-order valence-corrected chi connectivity index (χ1v) is 16.1. The molecule has 42 heavy (non-hydrogen) atoms. The summed E-state index contributed by atoms with van der Waals surface area (Å²) in [5.74, 6) is -1.84. The number of likely N-dealkylation sites (tertiary alicyclic amines) is 3. The van der Waals surface area contributed by atoms with Crippen LogP contribution in [0.25, 0.3) is 10.8 Å². The summed E-state index contributed by atoms with van der Waals surface area (Å²) in [4.78, 5) is 56.0. The Hall–Kier alpha value is -3.06. The van der Waals surface area contributed by atoms with E-state index < -0.39 is 40.5 Å². The highest BCUT2D eigenvalue weighted by Crippen LogP contribution is 2.30. The summed E-state index contributed by atoms with van der Waals surface area (Å²) >= 11 is 6.06. The molecule has 0 aliphatic carbocycles. The Morgan fingerprint density at radius 3 is 2.50 bits per heavy atom. The molecule has 5 rings (SSSR count). The maximum atomic E-state index is 13.9. The van der Waals surface area contributed by atoms with Gasteiger partial charge >= 0.3 is 12.4 Å². The molecule has 3 aliphatic heterocycles. The second-order valence-electron chi connectivity index (χ2n) is 11.1. The molecule has 3 unspecified atom stereocenters. The highest BCUT2D eigenvalue weighted by atomic mass is 35.5. The van der Waals surface area contributed by atoms with Crippen molar-refractivity contribution < 1.29 is 32.3 Å². The number of hydrogen-bond donors (Lipinski definition) is 0. The number of rotatable bonds is 10. The predicted octanol–water partition coefficient (Wildman–Crippen LogP) is 2.26. The van der Waals surface area contributed by atoms with Gasteiger partial charge in [-0.3, -0.25) is 19.2 Å². The van der Waals surface area contributed by atoms with Crippen LogP contribution in [0.3, 0.4) is 0 Å². The van der Waals surface area contributed by atoms with Crippen LogP contribution in [0.2, 0.25) is 5.02 Å². The number of ether oxygens (including phenoxy) is 1. The van der Waals surface area contributed by atoms with E-state index in [9.17, 15) is 27.6 Å². The van der Waals surface area contributed by atoms with Crippen molar-refractivity contribution >= 4 is 56.7 Å². The van der Waals surface area contributed by atoms with Crippen molar-refractivity contribution in [2.45, 2.75) is 62.0 Å². The fourth-order valence-electron chi connectivity index (χ4n) is 6.36. The number of benzene rings is 2. The molecule has 3 aliphatic rings. The van der Waals surface area contributed by atoms with Crippen molar-refractivity contribution in [1.82, 2.24) is 19.0 Å². The van der Waals surface area contributed by atoms with E-state index in [1.807, 2.05) is 4.90 Å². The summed E-state index contributed by atoms with van der Waals surface area (Å²) in [6, 6.07) is 7.46. The Labute approximate surface area is 250 Å². The fraction of sp³-hybridized carbons (Fsp3) is 0.517. The normalized spacial score (nSPS) is 22.3. The number of esters is 1. The van der Waals surface area contributed by atoms with E-state index in [0.29, 0.717) is 22.3 Å². The van der Waals surface area contributed by atoms with E-state index in [2.05, 4.69) is 9.64 Å². The van der Waals surface area contributed by atoms with Crippen LogP contribution in [0.15, 0.2) is 41.3 Å². The lowest BCUT2D eigenvalue weighted by Gasteiger charge is -2.33. The van der Waals surface area contributed by atoms with Crippen LogP contribution in [0, 0.1) is 0 Å². The van der Waals surface area contributed by atoms with E-state index in [1.54, 1.807) is 31.2 Å². The van der Waals surface area contributed by atoms with Gasteiger partial charge in [0.2, 0.25) is 21.8 Å². The van der Waals surface area contributed by atoms with Crippen LogP contribution >= 0.6 is 11.6 Å². The largest absolute Gasteiger partial charge is 0.394 e. The molecule has 0 radical (unpaired) electrons. The lowest BCUT2D eigenvalue weighted by molar-refractivity contribution is -0.152. The number of carbonyl (C=O) groups is 4. The molecule has 0 saturated carbocycles. The Kier molecular flexibility index (Phi) is 9.17. The van der Waals surface area contributed by atoms with Crippen molar-refractivity contribution in [2.24, 2.45) is 0 Å². The minimum absolute atomic E-state index is 0.0739. The van der Waals surface area contributed by atoms with Crippen LogP contribution < -0.4 is 0 Å². The highest BCUT2D eigenvalue weighted by molar-refractivity contribution is 7.89. The van der Waals surface area contributed by atoms with Crippen molar-refractivity contribution in [2.75, 3.05) is 39.3 Å². The third kappa shape index (κ3) is 6.17. The van der Waals surface area contributed by atoms with Crippen LogP contribution in [-0.2, 0) is 33.9 Å². The zero-order valence-electron chi connectivity index (χ0n) is 23.5. The minimum atomic E-state index is -4.40. The average Bonchev–Trinajstić information content (AvgIpc) is 3.73. The Morgan fingerprint density at radius 1 is 1.05 bits per heavy atom. The topological polar surface area (TPSA) is 125 Å². The Morgan fingerprint density at radius 2 is 1.76 bits per heavy atom. The molecule has 13 heteroatoms. The third-order valence-corrected chi connectivity index (χ3v) is 10.6. The summed E-state index contributed by atoms with van der Waals surface area (Å²) in [6.07, 6.45) is 4.21. The summed E-state index contributed by atoms with van der Waals surface area (Å²) in [5, 5.41) is 1.81. The van der Waals surface area contributed by atoms with Gasteiger partial charge in [-0.1, -0.05) is 23.7 Å². The standard InChI is InChI=1S/C29H35ClN4O7S/c1-20(28(37)33-13-4-5-24(33)17-31-11-2-3-12-31)32-14-10-26(29(32)38)34(18-27(36)41-19-35)42(39,40)25-9-7-21-15-23(30)8-6-22(21)16-25/h6-9,15-16,19-20,24,26H,2-5,10-14,17-18H2,1H3. The average molecular weight is 619 g/mol. The van der Waals surface area contributed by atoms with Gasteiger partial charge in [-0.05, 0) is 87.2 Å². The lowest BCUT2D eigenvalue weighted by atomic mass is 10.1.